The van der Waals surface area contributed by atoms with Crippen LogP contribution < -0.4 is 15.4 Å². The van der Waals surface area contributed by atoms with E-state index in [0.717, 1.165) is 19.0 Å². The van der Waals surface area contributed by atoms with Gasteiger partial charge in [-0.3, -0.25) is 0 Å². The van der Waals surface area contributed by atoms with Gasteiger partial charge < -0.3 is 15.4 Å². The molecule has 0 fully saturated rings. The van der Waals surface area contributed by atoms with Crippen LogP contribution >= 0.6 is 0 Å². The van der Waals surface area contributed by atoms with Gasteiger partial charge in [0.2, 0.25) is 0 Å². The number of benzene rings is 1. The first kappa shape index (κ1) is 16.0. The maximum Gasteiger partial charge on any atom is 0.122 e. The molecule has 0 aromatic heterocycles. The fourth-order valence-electron chi connectivity index (χ4n) is 2.89. The minimum Gasteiger partial charge on any atom is -0.496 e. The van der Waals surface area contributed by atoms with Crippen molar-refractivity contribution in [2.24, 2.45) is 0 Å². The van der Waals surface area contributed by atoms with E-state index in [-0.39, 0.29) is 5.41 Å². The van der Waals surface area contributed by atoms with Gasteiger partial charge in [-0.05, 0) is 56.1 Å². The van der Waals surface area contributed by atoms with Crippen LogP contribution in [0.3, 0.4) is 0 Å². The molecule has 0 aliphatic rings. The van der Waals surface area contributed by atoms with Crippen molar-refractivity contribution in [1.82, 2.24) is 10.6 Å². The van der Waals surface area contributed by atoms with Gasteiger partial charge in [0.25, 0.3) is 0 Å². The van der Waals surface area contributed by atoms with E-state index in [1.807, 2.05) is 7.05 Å². The minimum atomic E-state index is 0.0993. The van der Waals surface area contributed by atoms with E-state index < -0.39 is 0 Å². The molecule has 0 atom stereocenters. The molecule has 0 bridgehead atoms. The zero-order valence-electron chi connectivity index (χ0n) is 13.4. The molecule has 0 saturated heterocycles. The predicted molar refractivity (Wildman–Crippen MR) is 82.2 cm³/mol. The van der Waals surface area contributed by atoms with Gasteiger partial charge in [-0.2, -0.15) is 0 Å². The summed E-state index contributed by atoms with van der Waals surface area (Å²) in [5.74, 6) is 0.984. The Morgan fingerprint density at radius 1 is 1.16 bits per heavy atom. The zero-order valence-corrected chi connectivity index (χ0v) is 13.4. The van der Waals surface area contributed by atoms with E-state index in [1.54, 1.807) is 7.11 Å². The molecule has 3 nitrogen and oxygen atoms in total. The normalized spacial score (nSPS) is 11.7. The molecule has 1 rings (SSSR count). The van der Waals surface area contributed by atoms with Crippen molar-refractivity contribution in [3.63, 3.8) is 0 Å². The van der Waals surface area contributed by atoms with Gasteiger partial charge in [0.15, 0.2) is 0 Å². The second kappa shape index (κ2) is 6.40. The maximum absolute atomic E-state index is 5.45. The van der Waals surface area contributed by atoms with Crippen molar-refractivity contribution in [2.45, 2.75) is 40.0 Å². The van der Waals surface area contributed by atoms with Crippen LogP contribution in [0.15, 0.2) is 6.07 Å². The van der Waals surface area contributed by atoms with Crippen molar-refractivity contribution in [1.29, 1.82) is 0 Å². The summed E-state index contributed by atoms with van der Waals surface area (Å²) in [6.07, 6.45) is 0. The molecule has 0 unspecified atom stereocenters. The van der Waals surface area contributed by atoms with Gasteiger partial charge >= 0.3 is 0 Å². The van der Waals surface area contributed by atoms with E-state index in [1.165, 1.54) is 22.3 Å². The first-order valence-electron chi connectivity index (χ1n) is 6.85. The van der Waals surface area contributed by atoms with Gasteiger partial charge in [0, 0.05) is 18.6 Å². The van der Waals surface area contributed by atoms with Crippen molar-refractivity contribution in [2.75, 3.05) is 27.4 Å². The highest BCUT2D eigenvalue weighted by Gasteiger charge is 2.26. The van der Waals surface area contributed by atoms with Gasteiger partial charge in [0.05, 0.1) is 7.11 Å². The van der Waals surface area contributed by atoms with E-state index in [4.69, 9.17) is 4.74 Å². The first-order valence-corrected chi connectivity index (χ1v) is 6.85. The SMILES string of the molecule is CNCNCC(C)(C)c1c(C)cc(OC)c(C)c1C. The molecule has 0 aliphatic heterocycles. The van der Waals surface area contributed by atoms with Crippen molar-refractivity contribution < 1.29 is 4.74 Å². The summed E-state index contributed by atoms with van der Waals surface area (Å²) in [6.45, 7) is 12.9. The lowest BCUT2D eigenvalue weighted by molar-refractivity contribution is 0.408. The molecule has 0 radical (unpaired) electrons. The third-order valence-electron chi connectivity index (χ3n) is 3.81. The quantitative estimate of drug-likeness (QED) is 0.612. The molecule has 1 aromatic carbocycles. The van der Waals surface area contributed by atoms with Crippen LogP contribution in [0.25, 0.3) is 0 Å². The Kier molecular flexibility index (Phi) is 5.39. The number of aryl methyl sites for hydroxylation is 1. The lowest BCUT2D eigenvalue weighted by Gasteiger charge is -2.31. The largest absolute Gasteiger partial charge is 0.496 e. The van der Waals surface area contributed by atoms with E-state index >= 15 is 0 Å². The molecule has 0 aliphatic carbocycles. The lowest BCUT2D eigenvalue weighted by atomic mass is 9.78. The Balaban J connectivity index is 3.15. The summed E-state index contributed by atoms with van der Waals surface area (Å²) in [6, 6.07) is 2.15. The average molecular weight is 264 g/mol. The fourth-order valence-corrected chi connectivity index (χ4v) is 2.89. The zero-order chi connectivity index (χ0) is 14.6. The highest BCUT2D eigenvalue weighted by atomic mass is 16.5. The van der Waals surface area contributed by atoms with Gasteiger partial charge in [0.1, 0.15) is 5.75 Å². The van der Waals surface area contributed by atoms with E-state index in [9.17, 15) is 0 Å². The molecule has 0 saturated carbocycles. The summed E-state index contributed by atoms with van der Waals surface area (Å²) in [5.41, 5.74) is 5.41. The molecule has 0 spiro atoms. The molecule has 108 valence electrons. The highest BCUT2D eigenvalue weighted by molar-refractivity contribution is 5.51. The number of hydrogen-bond acceptors (Lipinski definition) is 3. The number of nitrogens with one attached hydrogen (secondary N) is 2. The molecule has 2 N–H and O–H groups in total. The van der Waals surface area contributed by atoms with Crippen LogP contribution in [0.1, 0.15) is 36.1 Å². The Labute approximate surface area is 117 Å². The van der Waals surface area contributed by atoms with Crippen LogP contribution in [-0.2, 0) is 5.41 Å². The molecule has 0 amide bonds. The Hall–Kier alpha value is -1.06. The summed E-state index contributed by atoms with van der Waals surface area (Å²) >= 11 is 0. The third kappa shape index (κ3) is 3.48. The van der Waals surface area contributed by atoms with E-state index in [0.29, 0.717) is 0 Å². The molecule has 19 heavy (non-hydrogen) atoms. The fraction of sp³-hybridized carbons (Fsp3) is 0.625. The summed E-state index contributed by atoms with van der Waals surface area (Å²) in [5, 5.41) is 6.55. The average Bonchev–Trinajstić information content (AvgIpc) is 2.33. The summed E-state index contributed by atoms with van der Waals surface area (Å²) in [7, 11) is 3.69. The van der Waals surface area contributed by atoms with Gasteiger partial charge in [-0.1, -0.05) is 13.8 Å². The van der Waals surface area contributed by atoms with Crippen LogP contribution in [0, 0.1) is 20.8 Å². The highest BCUT2D eigenvalue weighted by Crippen LogP contribution is 2.35. The number of ether oxygens (including phenoxy) is 1. The standard InChI is InChI=1S/C16H28N2O/c1-11-8-14(19-7)12(2)13(3)15(11)16(4,5)9-18-10-17-6/h8,17-18H,9-10H2,1-7H3. The maximum atomic E-state index is 5.45. The molecule has 3 heteroatoms. The molecule has 0 heterocycles. The van der Waals surface area contributed by atoms with E-state index in [2.05, 4.69) is 51.3 Å². The van der Waals surface area contributed by atoms with Crippen LogP contribution in [0.2, 0.25) is 0 Å². The Morgan fingerprint density at radius 2 is 1.79 bits per heavy atom. The number of rotatable bonds is 6. The van der Waals surface area contributed by atoms with Gasteiger partial charge in [-0.25, -0.2) is 0 Å². The molecule has 1 aromatic rings. The topological polar surface area (TPSA) is 33.3 Å². The first-order chi connectivity index (χ1) is 8.85. The Bertz CT molecular complexity index is 439. The monoisotopic (exact) mass is 264 g/mol. The van der Waals surface area contributed by atoms with Crippen LogP contribution in [0.5, 0.6) is 5.75 Å². The molecular formula is C16H28N2O. The number of hydrogen-bond donors (Lipinski definition) is 2. The summed E-state index contributed by atoms with van der Waals surface area (Å²) < 4.78 is 5.45. The smallest absolute Gasteiger partial charge is 0.122 e. The second-order valence-electron chi connectivity index (χ2n) is 5.86. The van der Waals surface area contributed by atoms with Crippen molar-refractivity contribution in [3.8, 4) is 5.75 Å². The molecular weight excluding hydrogens is 236 g/mol. The van der Waals surface area contributed by atoms with Crippen molar-refractivity contribution in [3.05, 3.63) is 28.3 Å². The number of methoxy groups -OCH3 is 1. The van der Waals surface area contributed by atoms with Crippen LogP contribution in [0.4, 0.5) is 0 Å². The Morgan fingerprint density at radius 3 is 2.32 bits per heavy atom. The summed E-state index contributed by atoms with van der Waals surface area (Å²) in [4.78, 5) is 0. The lowest BCUT2D eigenvalue weighted by Crippen LogP contribution is -2.38. The van der Waals surface area contributed by atoms with Crippen molar-refractivity contribution >= 4 is 0 Å². The minimum absolute atomic E-state index is 0.0993. The third-order valence-corrected chi connectivity index (χ3v) is 3.81. The van der Waals surface area contributed by atoms with Crippen LogP contribution in [-0.4, -0.2) is 27.4 Å². The second-order valence-corrected chi connectivity index (χ2v) is 5.86. The van der Waals surface area contributed by atoms with Gasteiger partial charge in [-0.15, -0.1) is 0 Å². The predicted octanol–water partition coefficient (Wildman–Crippen LogP) is 2.66.